The number of nitrogens with one attached hydrogen (secondary N) is 2. The molecular weight excluding hydrogens is 182 g/mol. The van der Waals surface area contributed by atoms with Crippen LogP contribution in [0, 0.1) is 11.3 Å². The zero-order valence-electron chi connectivity index (χ0n) is 7.66. The summed E-state index contributed by atoms with van der Waals surface area (Å²) in [6.07, 6.45) is 2.89. The quantitative estimate of drug-likeness (QED) is 0.631. The molecule has 0 fully saturated rings. The van der Waals surface area contributed by atoms with Gasteiger partial charge in [0.25, 0.3) is 0 Å². The molecule has 14 heavy (non-hydrogen) atoms. The Morgan fingerprint density at radius 1 is 1.71 bits per heavy atom. The first-order valence-corrected chi connectivity index (χ1v) is 4.31. The summed E-state index contributed by atoms with van der Waals surface area (Å²) in [5.41, 5.74) is 0. The number of hydrogen-bond donors (Lipinski definition) is 2. The number of aryl methyl sites for hydroxylation is 1. The van der Waals surface area contributed by atoms with E-state index in [4.69, 9.17) is 5.26 Å². The van der Waals surface area contributed by atoms with E-state index in [0.29, 0.717) is 6.54 Å². The molecular formula is C8H11N5O. The van der Waals surface area contributed by atoms with Crippen LogP contribution in [0.5, 0.6) is 0 Å². The van der Waals surface area contributed by atoms with Crippen LogP contribution in [0.4, 0.5) is 0 Å². The SMILES string of the molecule is N#CCC(=O)NCCCc1ncn[nH]1. The Bertz CT molecular complexity index is 313. The molecule has 1 aromatic heterocycles. The third kappa shape index (κ3) is 3.67. The van der Waals surface area contributed by atoms with E-state index in [1.165, 1.54) is 6.33 Å². The van der Waals surface area contributed by atoms with E-state index in [9.17, 15) is 4.79 Å². The maximum absolute atomic E-state index is 10.8. The number of rotatable bonds is 5. The van der Waals surface area contributed by atoms with Gasteiger partial charge >= 0.3 is 0 Å². The number of amides is 1. The number of hydrogen-bond acceptors (Lipinski definition) is 4. The summed E-state index contributed by atoms with van der Waals surface area (Å²) in [5, 5.41) is 17.3. The fourth-order valence-corrected chi connectivity index (χ4v) is 0.969. The molecule has 1 heterocycles. The largest absolute Gasteiger partial charge is 0.355 e. The van der Waals surface area contributed by atoms with E-state index in [1.807, 2.05) is 0 Å². The van der Waals surface area contributed by atoms with Crippen molar-refractivity contribution in [1.82, 2.24) is 20.5 Å². The van der Waals surface area contributed by atoms with Crippen molar-refractivity contribution in [1.29, 1.82) is 5.26 Å². The number of aromatic amines is 1. The predicted molar refractivity (Wildman–Crippen MR) is 47.9 cm³/mol. The molecule has 0 spiro atoms. The highest BCUT2D eigenvalue weighted by atomic mass is 16.1. The van der Waals surface area contributed by atoms with E-state index >= 15 is 0 Å². The predicted octanol–water partition coefficient (Wildman–Crippen LogP) is -0.233. The van der Waals surface area contributed by atoms with Crippen LogP contribution in [0.1, 0.15) is 18.7 Å². The van der Waals surface area contributed by atoms with E-state index in [-0.39, 0.29) is 12.3 Å². The molecule has 0 unspecified atom stereocenters. The van der Waals surface area contributed by atoms with Gasteiger partial charge in [0.2, 0.25) is 5.91 Å². The molecule has 6 heteroatoms. The minimum absolute atomic E-state index is 0.0810. The summed E-state index contributed by atoms with van der Waals surface area (Å²) in [4.78, 5) is 14.8. The minimum Gasteiger partial charge on any atom is -0.355 e. The van der Waals surface area contributed by atoms with E-state index < -0.39 is 0 Å². The normalized spacial score (nSPS) is 9.36. The Labute approximate surface area is 81.3 Å². The van der Waals surface area contributed by atoms with Gasteiger partial charge < -0.3 is 5.32 Å². The molecule has 0 aromatic carbocycles. The van der Waals surface area contributed by atoms with Crippen LogP contribution in [0.15, 0.2) is 6.33 Å². The maximum atomic E-state index is 10.8. The average molecular weight is 193 g/mol. The van der Waals surface area contributed by atoms with Crippen LogP contribution in [-0.4, -0.2) is 27.6 Å². The van der Waals surface area contributed by atoms with Gasteiger partial charge in [-0.3, -0.25) is 9.89 Å². The van der Waals surface area contributed by atoms with E-state index in [1.54, 1.807) is 6.07 Å². The van der Waals surface area contributed by atoms with Gasteiger partial charge in [-0.1, -0.05) is 0 Å². The molecule has 1 amide bonds. The number of nitrogens with zero attached hydrogens (tertiary/aromatic N) is 3. The second kappa shape index (κ2) is 5.70. The standard InChI is InChI=1S/C8H11N5O/c9-4-3-8(14)10-5-1-2-7-11-6-12-13-7/h6H,1-3,5H2,(H,10,14)(H,11,12,13). The number of H-pyrrole nitrogens is 1. The number of nitriles is 1. The van der Waals surface area contributed by atoms with Gasteiger partial charge in [-0.15, -0.1) is 0 Å². The Morgan fingerprint density at radius 2 is 2.57 bits per heavy atom. The first-order valence-electron chi connectivity index (χ1n) is 4.31. The van der Waals surface area contributed by atoms with E-state index in [2.05, 4.69) is 20.5 Å². The molecule has 0 saturated carbocycles. The summed E-state index contributed by atoms with van der Waals surface area (Å²) in [6.45, 7) is 0.557. The van der Waals surface area contributed by atoms with Crippen LogP contribution in [-0.2, 0) is 11.2 Å². The highest BCUT2D eigenvalue weighted by Gasteiger charge is 1.99. The van der Waals surface area contributed by atoms with Gasteiger partial charge in [-0.25, -0.2) is 4.98 Å². The first kappa shape index (κ1) is 10.2. The molecule has 1 rings (SSSR count). The zero-order valence-corrected chi connectivity index (χ0v) is 7.66. The molecule has 0 aliphatic rings. The zero-order chi connectivity index (χ0) is 10.2. The molecule has 6 nitrogen and oxygen atoms in total. The molecule has 0 aliphatic heterocycles. The maximum Gasteiger partial charge on any atom is 0.234 e. The second-order valence-corrected chi connectivity index (χ2v) is 2.72. The molecule has 2 N–H and O–H groups in total. The fraction of sp³-hybridized carbons (Fsp3) is 0.500. The van der Waals surface area contributed by atoms with Crippen LogP contribution < -0.4 is 5.32 Å². The fourth-order valence-electron chi connectivity index (χ4n) is 0.969. The Morgan fingerprint density at radius 3 is 3.21 bits per heavy atom. The van der Waals surface area contributed by atoms with Crippen molar-refractivity contribution in [2.45, 2.75) is 19.3 Å². The number of carbonyl (C=O) groups excluding carboxylic acids is 1. The molecule has 74 valence electrons. The van der Waals surface area contributed by atoms with Crippen molar-refractivity contribution >= 4 is 5.91 Å². The summed E-state index contributed by atoms with van der Waals surface area (Å²) >= 11 is 0. The summed E-state index contributed by atoms with van der Waals surface area (Å²) in [7, 11) is 0. The number of aromatic nitrogens is 3. The average Bonchev–Trinajstić information content (AvgIpc) is 2.65. The molecule has 0 aliphatic carbocycles. The second-order valence-electron chi connectivity index (χ2n) is 2.72. The number of carbonyl (C=O) groups is 1. The molecule has 0 atom stereocenters. The smallest absolute Gasteiger partial charge is 0.234 e. The van der Waals surface area contributed by atoms with Crippen LogP contribution >= 0.6 is 0 Å². The highest BCUT2D eigenvalue weighted by molar-refractivity contribution is 5.77. The molecule has 1 aromatic rings. The monoisotopic (exact) mass is 193 g/mol. The Balaban J connectivity index is 2.06. The summed E-state index contributed by atoms with van der Waals surface area (Å²) < 4.78 is 0. The van der Waals surface area contributed by atoms with Gasteiger partial charge in [0.1, 0.15) is 18.6 Å². The molecule has 0 radical (unpaired) electrons. The van der Waals surface area contributed by atoms with Gasteiger partial charge in [0.15, 0.2) is 0 Å². The Hall–Kier alpha value is -1.90. The summed E-state index contributed by atoms with van der Waals surface area (Å²) in [5.74, 6) is 0.574. The molecule has 0 saturated heterocycles. The third-order valence-corrected chi connectivity index (χ3v) is 1.62. The first-order chi connectivity index (χ1) is 6.83. The van der Waals surface area contributed by atoms with Crippen molar-refractivity contribution < 1.29 is 4.79 Å². The van der Waals surface area contributed by atoms with Crippen molar-refractivity contribution in [3.63, 3.8) is 0 Å². The van der Waals surface area contributed by atoms with Crippen molar-refractivity contribution in [3.05, 3.63) is 12.2 Å². The molecule has 0 bridgehead atoms. The lowest BCUT2D eigenvalue weighted by molar-refractivity contribution is -0.120. The third-order valence-electron chi connectivity index (χ3n) is 1.62. The Kier molecular flexibility index (Phi) is 4.14. The lowest BCUT2D eigenvalue weighted by Crippen LogP contribution is -2.23. The van der Waals surface area contributed by atoms with Gasteiger partial charge in [-0.05, 0) is 6.42 Å². The minimum atomic E-state index is -0.231. The lowest BCUT2D eigenvalue weighted by Gasteiger charge is -2.00. The van der Waals surface area contributed by atoms with Gasteiger partial charge in [-0.2, -0.15) is 10.4 Å². The van der Waals surface area contributed by atoms with E-state index in [0.717, 1.165) is 18.7 Å². The van der Waals surface area contributed by atoms with Crippen molar-refractivity contribution in [2.75, 3.05) is 6.54 Å². The van der Waals surface area contributed by atoms with Crippen LogP contribution in [0.3, 0.4) is 0 Å². The van der Waals surface area contributed by atoms with Crippen LogP contribution in [0.2, 0.25) is 0 Å². The topological polar surface area (TPSA) is 94.5 Å². The highest BCUT2D eigenvalue weighted by Crippen LogP contribution is 1.91. The lowest BCUT2D eigenvalue weighted by atomic mass is 10.3. The van der Waals surface area contributed by atoms with Gasteiger partial charge in [0, 0.05) is 13.0 Å². The summed E-state index contributed by atoms with van der Waals surface area (Å²) in [6, 6.07) is 1.78. The van der Waals surface area contributed by atoms with Crippen LogP contribution in [0.25, 0.3) is 0 Å². The van der Waals surface area contributed by atoms with Crippen molar-refractivity contribution in [3.8, 4) is 6.07 Å². The van der Waals surface area contributed by atoms with Crippen molar-refractivity contribution in [2.24, 2.45) is 0 Å². The van der Waals surface area contributed by atoms with Gasteiger partial charge in [0.05, 0.1) is 6.07 Å².